The highest BCUT2D eigenvalue weighted by Crippen LogP contribution is 2.12. The number of carbonyl (C=O) groups is 1. The lowest BCUT2D eigenvalue weighted by atomic mass is 10.1. The van der Waals surface area contributed by atoms with Gasteiger partial charge in [-0.15, -0.1) is 0 Å². The van der Waals surface area contributed by atoms with Crippen LogP contribution in [0.1, 0.15) is 26.7 Å². The molecule has 0 aromatic heterocycles. The minimum atomic E-state index is 0.0505. The van der Waals surface area contributed by atoms with E-state index in [4.69, 9.17) is 4.74 Å². The summed E-state index contributed by atoms with van der Waals surface area (Å²) in [5.41, 5.74) is 0. The van der Waals surface area contributed by atoms with Gasteiger partial charge in [-0.25, -0.2) is 4.79 Å². The number of ether oxygens (including phenoxy) is 1. The fourth-order valence-electron chi connectivity index (χ4n) is 1.63. The molecule has 82 valence electrons. The number of methoxy groups -OCH3 is 1. The van der Waals surface area contributed by atoms with Crippen molar-refractivity contribution in [1.82, 2.24) is 10.2 Å². The summed E-state index contributed by atoms with van der Waals surface area (Å²) in [6.45, 7) is 5.55. The Hall–Kier alpha value is -0.770. The summed E-state index contributed by atoms with van der Waals surface area (Å²) < 4.78 is 5.24. The van der Waals surface area contributed by atoms with Crippen LogP contribution in [0.5, 0.6) is 0 Å². The highest BCUT2D eigenvalue weighted by Gasteiger charge is 2.22. The van der Waals surface area contributed by atoms with E-state index in [1.807, 2.05) is 18.7 Å². The van der Waals surface area contributed by atoms with Crippen LogP contribution < -0.4 is 5.32 Å². The molecule has 0 saturated carbocycles. The Morgan fingerprint density at radius 3 is 2.43 bits per heavy atom. The van der Waals surface area contributed by atoms with E-state index < -0.39 is 0 Å². The van der Waals surface area contributed by atoms with Gasteiger partial charge in [-0.05, 0) is 26.7 Å². The molecule has 0 radical (unpaired) electrons. The molecule has 1 aliphatic heterocycles. The average molecular weight is 200 g/mol. The minimum Gasteiger partial charge on any atom is -0.381 e. The molecule has 1 saturated heterocycles. The fourth-order valence-corrected chi connectivity index (χ4v) is 1.63. The van der Waals surface area contributed by atoms with Crippen LogP contribution in [0, 0.1) is 0 Å². The third kappa shape index (κ3) is 3.18. The lowest BCUT2D eigenvalue weighted by Gasteiger charge is -2.31. The molecule has 1 fully saturated rings. The van der Waals surface area contributed by atoms with Gasteiger partial charge in [0.25, 0.3) is 0 Å². The van der Waals surface area contributed by atoms with Crippen LogP contribution in [-0.2, 0) is 4.74 Å². The first-order valence-corrected chi connectivity index (χ1v) is 5.21. The number of hydrogen-bond donors (Lipinski definition) is 1. The number of nitrogens with one attached hydrogen (secondary N) is 1. The lowest BCUT2D eigenvalue weighted by Crippen LogP contribution is -2.47. The summed E-state index contributed by atoms with van der Waals surface area (Å²) >= 11 is 0. The Morgan fingerprint density at radius 1 is 1.43 bits per heavy atom. The Labute approximate surface area is 85.6 Å². The summed E-state index contributed by atoms with van der Waals surface area (Å²) in [7, 11) is 1.73. The molecule has 0 aromatic rings. The van der Waals surface area contributed by atoms with Crippen molar-refractivity contribution >= 4 is 6.03 Å². The molecule has 0 spiro atoms. The molecule has 14 heavy (non-hydrogen) atoms. The summed E-state index contributed by atoms with van der Waals surface area (Å²) in [5, 5.41) is 2.89. The molecular formula is C10H20N2O2. The van der Waals surface area contributed by atoms with Gasteiger partial charge in [0.1, 0.15) is 0 Å². The zero-order chi connectivity index (χ0) is 10.6. The van der Waals surface area contributed by atoms with E-state index in [9.17, 15) is 4.79 Å². The molecule has 0 aliphatic carbocycles. The molecule has 1 rings (SSSR count). The second-order valence-corrected chi connectivity index (χ2v) is 4.03. The summed E-state index contributed by atoms with van der Waals surface area (Å²) in [6.07, 6.45) is 2.22. The van der Waals surface area contributed by atoms with E-state index in [1.54, 1.807) is 7.11 Å². The van der Waals surface area contributed by atoms with Gasteiger partial charge in [-0.1, -0.05) is 0 Å². The quantitative estimate of drug-likeness (QED) is 0.728. The fraction of sp³-hybridized carbons (Fsp3) is 0.900. The third-order valence-electron chi connectivity index (χ3n) is 2.47. The van der Waals surface area contributed by atoms with Gasteiger partial charge in [0.05, 0.1) is 6.10 Å². The largest absolute Gasteiger partial charge is 0.381 e. The van der Waals surface area contributed by atoms with E-state index in [1.165, 1.54) is 0 Å². The monoisotopic (exact) mass is 200 g/mol. The zero-order valence-corrected chi connectivity index (χ0v) is 9.25. The van der Waals surface area contributed by atoms with Crippen molar-refractivity contribution in [2.75, 3.05) is 20.2 Å². The number of likely N-dealkylation sites (tertiary alicyclic amines) is 1. The molecule has 0 aromatic carbocycles. The molecule has 4 heteroatoms. The highest BCUT2D eigenvalue weighted by atomic mass is 16.5. The van der Waals surface area contributed by atoms with Gasteiger partial charge in [0.2, 0.25) is 0 Å². The Morgan fingerprint density at radius 2 is 2.00 bits per heavy atom. The maximum absolute atomic E-state index is 11.6. The van der Waals surface area contributed by atoms with Crippen LogP contribution in [0.15, 0.2) is 0 Å². The number of urea groups is 1. The molecular weight excluding hydrogens is 180 g/mol. The molecule has 1 heterocycles. The van der Waals surface area contributed by atoms with Gasteiger partial charge in [0, 0.05) is 26.2 Å². The number of rotatable bonds is 2. The van der Waals surface area contributed by atoms with Gasteiger partial charge in [0.15, 0.2) is 0 Å². The summed E-state index contributed by atoms with van der Waals surface area (Å²) in [5.74, 6) is 0. The molecule has 1 aliphatic rings. The summed E-state index contributed by atoms with van der Waals surface area (Å²) in [4.78, 5) is 13.4. The molecule has 2 amide bonds. The van der Waals surface area contributed by atoms with Crippen molar-refractivity contribution in [3.63, 3.8) is 0 Å². The van der Waals surface area contributed by atoms with Crippen LogP contribution in [0.4, 0.5) is 4.79 Å². The minimum absolute atomic E-state index is 0.0505. The lowest BCUT2D eigenvalue weighted by molar-refractivity contribution is 0.0501. The first-order chi connectivity index (χ1) is 6.63. The van der Waals surface area contributed by atoms with Crippen LogP contribution in [0.25, 0.3) is 0 Å². The number of amides is 2. The highest BCUT2D eigenvalue weighted by molar-refractivity contribution is 5.74. The van der Waals surface area contributed by atoms with Crippen molar-refractivity contribution in [3.05, 3.63) is 0 Å². The van der Waals surface area contributed by atoms with Crippen molar-refractivity contribution in [2.24, 2.45) is 0 Å². The normalized spacial score (nSPS) is 18.7. The van der Waals surface area contributed by atoms with Crippen molar-refractivity contribution in [1.29, 1.82) is 0 Å². The second kappa shape index (κ2) is 5.20. The van der Waals surface area contributed by atoms with E-state index in [0.29, 0.717) is 6.10 Å². The SMILES string of the molecule is COC1CCN(C(=O)NC(C)C)CC1. The Bertz CT molecular complexity index is 187. The van der Waals surface area contributed by atoms with E-state index >= 15 is 0 Å². The van der Waals surface area contributed by atoms with Crippen molar-refractivity contribution in [3.8, 4) is 0 Å². The summed E-state index contributed by atoms with van der Waals surface area (Å²) in [6, 6.07) is 0.261. The van der Waals surface area contributed by atoms with E-state index in [-0.39, 0.29) is 12.1 Å². The first kappa shape index (κ1) is 11.3. The molecule has 0 atom stereocenters. The van der Waals surface area contributed by atoms with Crippen LogP contribution >= 0.6 is 0 Å². The zero-order valence-electron chi connectivity index (χ0n) is 9.25. The molecule has 4 nitrogen and oxygen atoms in total. The van der Waals surface area contributed by atoms with Crippen molar-refractivity contribution < 1.29 is 9.53 Å². The predicted octanol–water partition coefficient (Wildman–Crippen LogP) is 1.22. The standard InChI is InChI=1S/C10H20N2O2/c1-8(2)11-10(13)12-6-4-9(14-3)5-7-12/h8-9H,4-7H2,1-3H3,(H,11,13). The van der Waals surface area contributed by atoms with Gasteiger partial charge in [-0.2, -0.15) is 0 Å². The van der Waals surface area contributed by atoms with Crippen LogP contribution in [0.2, 0.25) is 0 Å². The molecule has 0 bridgehead atoms. The number of piperidine rings is 1. The maximum Gasteiger partial charge on any atom is 0.317 e. The van der Waals surface area contributed by atoms with Crippen molar-refractivity contribution in [2.45, 2.75) is 38.8 Å². The predicted molar refractivity (Wildman–Crippen MR) is 55.3 cm³/mol. The number of nitrogens with zero attached hydrogens (tertiary/aromatic N) is 1. The van der Waals surface area contributed by atoms with Gasteiger partial charge >= 0.3 is 6.03 Å². The van der Waals surface area contributed by atoms with Crippen LogP contribution in [0.3, 0.4) is 0 Å². The second-order valence-electron chi connectivity index (χ2n) is 4.03. The van der Waals surface area contributed by atoms with E-state index in [0.717, 1.165) is 25.9 Å². The molecule has 1 N–H and O–H groups in total. The van der Waals surface area contributed by atoms with Gasteiger partial charge < -0.3 is 15.0 Å². The third-order valence-corrected chi connectivity index (χ3v) is 2.47. The Balaban J connectivity index is 2.30. The van der Waals surface area contributed by atoms with Crippen LogP contribution in [-0.4, -0.2) is 43.3 Å². The number of hydrogen-bond acceptors (Lipinski definition) is 2. The Kier molecular flexibility index (Phi) is 4.20. The number of carbonyl (C=O) groups excluding carboxylic acids is 1. The maximum atomic E-state index is 11.6. The van der Waals surface area contributed by atoms with Gasteiger partial charge in [-0.3, -0.25) is 0 Å². The smallest absolute Gasteiger partial charge is 0.317 e. The average Bonchev–Trinajstić information content (AvgIpc) is 2.17. The molecule has 0 unspecified atom stereocenters. The first-order valence-electron chi connectivity index (χ1n) is 5.21. The topological polar surface area (TPSA) is 41.6 Å². The van der Waals surface area contributed by atoms with E-state index in [2.05, 4.69) is 5.32 Å².